The van der Waals surface area contributed by atoms with Crippen LogP contribution < -0.4 is 0 Å². The molecule has 0 atom stereocenters. The van der Waals surface area contributed by atoms with E-state index >= 15 is 0 Å². The maximum atomic E-state index is 12.4. The molecule has 2 aromatic carbocycles. The monoisotopic (exact) mass is 275 g/mol. The number of carbonyl (C=O) groups is 1. The van der Waals surface area contributed by atoms with E-state index < -0.39 is 0 Å². The van der Waals surface area contributed by atoms with Crippen LogP contribution in [0, 0.1) is 32.1 Å². The molecule has 0 aromatic heterocycles. The molecule has 2 nitrogen and oxygen atoms in total. The third-order valence-electron chi connectivity index (χ3n) is 3.39. The number of nitrogens with zero attached hydrogens (tertiary/aromatic N) is 1. The Morgan fingerprint density at radius 3 is 2.14 bits per heavy atom. The minimum atomic E-state index is 0.00867. The number of benzene rings is 2. The average molecular weight is 275 g/mol. The third-order valence-corrected chi connectivity index (χ3v) is 3.39. The van der Waals surface area contributed by atoms with Crippen LogP contribution in [0.25, 0.3) is 6.08 Å². The minimum Gasteiger partial charge on any atom is -0.289 e. The van der Waals surface area contributed by atoms with Gasteiger partial charge in [-0.05, 0) is 55.7 Å². The number of rotatable bonds is 3. The molecule has 0 saturated carbocycles. The van der Waals surface area contributed by atoms with Gasteiger partial charge in [0.2, 0.25) is 0 Å². The first-order valence-corrected chi connectivity index (χ1v) is 6.81. The van der Waals surface area contributed by atoms with Gasteiger partial charge in [-0.2, -0.15) is 5.26 Å². The molecule has 0 aliphatic carbocycles. The first-order valence-electron chi connectivity index (χ1n) is 6.81. The fourth-order valence-electron chi connectivity index (χ4n) is 2.49. The van der Waals surface area contributed by atoms with E-state index in [1.165, 1.54) is 0 Å². The Morgan fingerprint density at radius 1 is 1.05 bits per heavy atom. The topological polar surface area (TPSA) is 40.9 Å². The maximum Gasteiger partial charge on any atom is 0.186 e. The van der Waals surface area contributed by atoms with Gasteiger partial charge in [0.1, 0.15) is 0 Å². The normalized spacial score (nSPS) is 10.6. The van der Waals surface area contributed by atoms with Gasteiger partial charge in [0.25, 0.3) is 0 Å². The van der Waals surface area contributed by atoms with Crippen molar-refractivity contribution in [3.05, 3.63) is 75.9 Å². The molecule has 0 unspecified atom stereocenters. The molecule has 0 bridgehead atoms. The van der Waals surface area contributed by atoms with Crippen LogP contribution in [0.3, 0.4) is 0 Å². The van der Waals surface area contributed by atoms with Gasteiger partial charge in [-0.25, -0.2) is 0 Å². The predicted octanol–water partition coefficient (Wildman–Crippen LogP) is 4.38. The Labute approximate surface area is 125 Å². The summed E-state index contributed by atoms with van der Waals surface area (Å²) in [5.74, 6) is 0.00867. The molecular formula is C19H17NO. The van der Waals surface area contributed by atoms with Crippen LogP contribution in [0.5, 0.6) is 0 Å². The van der Waals surface area contributed by atoms with E-state index in [1.807, 2.05) is 45.0 Å². The molecular weight excluding hydrogens is 258 g/mol. The van der Waals surface area contributed by atoms with E-state index in [-0.39, 0.29) is 5.78 Å². The Morgan fingerprint density at radius 2 is 1.62 bits per heavy atom. The van der Waals surface area contributed by atoms with E-state index in [2.05, 4.69) is 6.07 Å². The Balaban J connectivity index is 2.25. The van der Waals surface area contributed by atoms with Gasteiger partial charge < -0.3 is 0 Å². The quantitative estimate of drug-likeness (QED) is 0.616. The van der Waals surface area contributed by atoms with Crippen molar-refractivity contribution in [2.75, 3.05) is 0 Å². The van der Waals surface area contributed by atoms with Gasteiger partial charge in [-0.3, -0.25) is 4.79 Å². The van der Waals surface area contributed by atoms with E-state index in [0.717, 1.165) is 27.8 Å². The van der Waals surface area contributed by atoms with Crippen LogP contribution in [0.1, 0.15) is 38.2 Å². The second kappa shape index (κ2) is 6.19. The van der Waals surface area contributed by atoms with Crippen LogP contribution in [-0.2, 0) is 0 Å². The minimum absolute atomic E-state index is 0.00867. The van der Waals surface area contributed by atoms with Gasteiger partial charge in [-0.15, -0.1) is 0 Å². The third kappa shape index (κ3) is 3.46. The molecule has 0 aliphatic rings. The molecule has 0 fully saturated rings. The van der Waals surface area contributed by atoms with E-state index in [1.54, 1.807) is 24.3 Å². The van der Waals surface area contributed by atoms with Crippen LogP contribution in [0.2, 0.25) is 0 Å². The molecule has 2 rings (SSSR count). The Hall–Kier alpha value is -2.66. The van der Waals surface area contributed by atoms with E-state index in [9.17, 15) is 4.79 Å². The van der Waals surface area contributed by atoms with Crippen molar-refractivity contribution in [3.8, 4) is 6.07 Å². The standard InChI is InChI=1S/C19H17NO/c1-13-10-14(2)19(15(3)11-13)18(21)9-8-16-4-6-17(12-20)7-5-16/h4-11H,1-3H3/b9-8+. The van der Waals surface area contributed by atoms with Crippen molar-refractivity contribution in [2.45, 2.75) is 20.8 Å². The molecule has 104 valence electrons. The summed E-state index contributed by atoms with van der Waals surface area (Å²) < 4.78 is 0. The van der Waals surface area contributed by atoms with E-state index in [0.29, 0.717) is 5.56 Å². The van der Waals surface area contributed by atoms with Crippen LogP contribution in [-0.4, -0.2) is 5.78 Å². The Bertz CT molecular complexity index is 723. The van der Waals surface area contributed by atoms with Crippen molar-refractivity contribution in [1.29, 1.82) is 5.26 Å². The maximum absolute atomic E-state index is 12.4. The lowest BCUT2D eigenvalue weighted by Gasteiger charge is -2.08. The molecule has 2 aromatic rings. The van der Waals surface area contributed by atoms with Crippen molar-refractivity contribution in [2.24, 2.45) is 0 Å². The fourth-order valence-corrected chi connectivity index (χ4v) is 2.49. The lowest BCUT2D eigenvalue weighted by atomic mass is 9.96. The molecule has 0 amide bonds. The summed E-state index contributed by atoms with van der Waals surface area (Å²) in [6.07, 6.45) is 3.37. The van der Waals surface area contributed by atoms with Gasteiger partial charge in [-0.1, -0.05) is 35.9 Å². The molecule has 0 heterocycles. The molecule has 0 aliphatic heterocycles. The summed E-state index contributed by atoms with van der Waals surface area (Å²) in [6, 6.07) is 13.3. The SMILES string of the molecule is Cc1cc(C)c(C(=O)/C=C/c2ccc(C#N)cc2)c(C)c1. The highest BCUT2D eigenvalue weighted by Crippen LogP contribution is 2.18. The lowest BCUT2D eigenvalue weighted by molar-refractivity contribution is 0.104. The summed E-state index contributed by atoms with van der Waals surface area (Å²) >= 11 is 0. The van der Waals surface area contributed by atoms with Gasteiger partial charge in [0.05, 0.1) is 11.6 Å². The number of hydrogen-bond acceptors (Lipinski definition) is 2. The number of ketones is 1. The van der Waals surface area contributed by atoms with Gasteiger partial charge in [0.15, 0.2) is 5.78 Å². The summed E-state index contributed by atoms with van der Waals surface area (Å²) in [7, 11) is 0. The number of nitriles is 1. The Kier molecular flexibility index (Phi) is 4.35. The zero-order chi connectivity index (χ0) is 15.4. The van der Waals surface area contributed by atoms with Crippen molar-refractivity contribution >= 4 is 11.9 Å². The van der Waals surface area contributed by atoms with E-state index in [4.69, 9.17) is 5.26 Å². The highest BCUT2D eigenvalue weighted by molar-refractivity contribution is 6.08. The second-order valence-corrected chi connectivity index (χ2v) is 5.21. The number of aryl methyl sites for hydroxylation is 3. The first-order chi connectivity index (χ1) is 10.0. The molecule has 0 radical (unpaired) electrons. The lowest BCUT2D eigenvalue weighted by Crippen LogP contribution is -2.02. The number of carbonyl (C=O) groups excluding carboxylic acids is 1. The van der Waals surface area contributed by atoms with Crippen LogP contribution >= 0.6 is 0 Å². The smallest absolute Gasteiger partial charge is 0.186 e. The predicted molar refractivity (Wildman–Crippen MR) is 85.2 cm³/mol. The highest BCUT2D eigenvalue weighted by Gasteiger charge is 2.09. The van der Waals surface area contributed by atoms with Crippen molar-refractivity contribution in [3.63, 3.8) is 0 Å². The highest BCUT2D eigenvalue weighted by atomic mass is 16.1. The van der Waals surface area contributed by atoms with Crippen molar-refractivity contribution in [1.82, 2.24) is 0 Å². The van der Waals surface area contributed by atoms with Gasteiger partial charge in [0, 0.05) is 5.56 Å². The fraction of sp³-hybridized carbons (Fsp3) is 0.158. The average Bonchev–Trinajstić information content (AvgIpc) is 2.44. The second-order valence-electron chi connectivity index (χ2n) is 5.21. The summed E-state index contributed by atoms with van der Waals surface area (Å²) in [5, 5.41) is 8.76. The van der Waals surface area contributed by atoms with Crippen LogP contribution in [0.4, 0.5) is 0 Å². The first kappa shape index (κ1) is 14.7. The summed E-state index contributed by atoms with van der Waals surface area (Å²) in [4.78, 5) is 12.4. The molecule has 21 heavy (non-hydrogen) atoms. The van der Waals surface area contributed by atoms with Gasteiger partial charge >= 0.3 is 0 Å². The molecule has 0 saturated heterocycles. The summed E-state index contributed by atoms with van der Waals surface area (Å²) in [5.41, 5.74) is 5.46. The largest absolute Gasteiger partial charge is 0.289 e. The number of allylic oxidation sites excluding steroid dienone is 1. The van der Waals surface area contributed by atoms with Crippen LogP contribution in [0.15, 0.2) is 42.5 Å². The number of hydrogen-bond donors (Lipinski definition) is 0. The molecule has 0 N–H and O–H groups in total. The molecule has 2 heteroatoms. The molecule has 0 spiro atoms. The van der Waals surface area contributed by atoms with Crippen molar-refractivity contribution < 1.29 is 4.79 Å². The zero-order valence-corrected chi connectivity index (χ0v) is 12.5. The zero-order valence-electron chi connectivity index (χ0n) is 12.5. The summed E-state index contributed by atoms with van der Waals surface area (Å²) in [6.45, 7) is 5.95.